The minimum absolute atomic E-state index is 0.220. The van der Waals surface area contributed by atoms with Crippen molar-refractivity contribution in [3.05, 3.63) is 54.0 Å². The minimum Gasteiger partial charge on any atom is -0.493 e. The largest absolute Gasteiger partial charge is 0.493 e. The Morgan fingerprint density at radius 2 is 2.12 bits per heavy atom. The normalized spacial score (nSPS) is 13.7. The molecule has 0 saturated heterocycles. The van der Waals surface area contributed by atoms with Gasteiger partial charge in [-0.3, -0.25) is 9.89 Å². The van der Waals surface area contributed by atoms with E-state index in [4.69, 9.17) is 4.74 Å². The highest BCUT2D eigenvalue weighted by Crippen LogP contribution is 2.39. The van der Waals surface area contributed by atoms with Crippen molar-refractivity contribution in [1.29, 1.82) is 0 Å². The Morgan fingerprint density at radius 1 is 1.33 bits per heavy atom. The smallest absolute Gasteiger partial charge is 0.281 e. The van der Waals surface area contributed by atoms with Gasteiger partial charge < -0.3 is 10.1 Å². The van der Waals surface area contributed by atoms with Gasteiger partial charge in [0.2, 0.25) is 0 Å². The zero-order chi connectivity index (χ0) is 16.5. The molecule has 3 aromatic rings. The van der Waals surface area contributed by atoms with E-state index in [9.17, 15) is 4.79 Å². The van der Waals surface area contributed by atoms with Gasteiger partial charge in [0.15, 0.2) is 17.3 Å². The van der Waals surface area contributed by atoms with Crippen LogP contribution in [-0.2, 0) is 0 Å². The number of hydrogen-bond donors (Lipinski definition) is 2. The first kappa shape index (κ1) is 14.5. The highest BCUT2D eigenvalue weighted by Gasteiger charge is 2.26. The van der Waals surface area contributed by atoms with E-state index >= 15 is 0 Å². The zero-order valence-electron chi connectivity index (χ0n) is 13.2. The van der Waals surface area contributed by atoms with Crippen molar-refractivity contribution in [2.24, 2.45) is 0 Å². The van der Waals surface area contributed by atoms with Gasteiger partial charge in [-0.15, -0.1) is 0 Å². The first-order chi connectivity index (χ1) is 11.7. The molecule has 2 N–H and O–H groups in total. The van der Waals surface area contributed by atoms with Crippen LogP contribution in [0.15, 0.2) is 42.6 Å². The monoisotopic (exact) mass is 323 g/mol. The molecule has 1 fully saturated rings. The van der Waals surface area contributed by atoms with E-state index in [2.05, 4.69) is 20.6 Å². The Morgan fingerprint density at radius 3 is 2.83 bits per heavy atom. The number of aromatic nitrogens is 4. The van der Waals surface area contributed by atoms with Gasteiger partial charge >= 0.3 is 0 Å². The second kappa shape index (κ2) is 5.84. The number of benzene rings is 1. The lowest BCUT2D eigenvalue weighted by Gasteiger charge is -2.01. The number of para-hydroxylation sites is 1. The standard InChI is InChI=1S/C17H17N5O2/c1-24-14-10-22(12-5-3-2-4-6-12)21-16(14)17(23)18-15-9-13(19-20-15)11-7-8-11/h2-6,9-11H,7-8H2,1H3,(H2,18,19,20,23). The number of rotatable bonds is 5. The fourth-order valence-corrected chi connectivity index (χ4v) is 2.56. The predicted molar refractivity (Wildman–Crippen MR) is 88.6 cm³/mol. The number of aromatic amines is 1. The first-order valence-corrected chi connectivity index (χ1v) is 7.80. The van der Waals surface area contributed by atoms with E-state index in [-0.39, 0.29) is 11.6 Å². The minimum atomic E-state index is -0.352. The van der Waals surface area contributed by atoms with Crippen molar-refractivity contribution in [3.8, 4) is 11.4 Å². The number of anilines is 1. The molecule has 4 rings (SSSR count). The molecule has 0 atom stereocenters. The summed E-state index contributed by atoms with van der Waals surface area (Å²) in [6.45, 7) is 0. The number of nitrogens with one attached hydrogen (secondary N) is 2. The molecule has 2 aromatic heterocycles. The van der Waals surface area contributed by atoms with E-state index in [1.54, 1.807) is 10.9 Å². The number of carbonyl (C=O) groups excluding carboxylic acids is 1. The van der Waals surface area contributed by atoms with E-state index < -0.39 is 0 Å². The van der Waals surface area contributed by atoms with Crippen LogP contribution in [0.2, 0.25) is 0 Å². The molecule has 0 unspecified atom stereocenters. The third-order valence-electron chi connectivity index (χ3n) is 3.99. The number of carbonyl (C=O) groups is 1. The van der Waals surface area contributed by atoms with Crippen LogP contribution in [0.5, 0.6) is 5.75 Å². The van der Waals surface area contributed by atoms with Gasteiger partial charge in [0, 0.05) is 17.7 Å². The molecule has 7 nitrogen and oxygen atoms in total. The van der Waals surface area contributed by atoms with Crippen LogP contribution in [-0.4, -0.2) is 33.0 Å². The summed E-state index contributed by atoms with van der Waals surface area (Å²) >= 11 is 0. The Bertz CT molecular complexity index is 864. The Labute approximate surface area is 138 Å². The topological polar surface area (TPSA) is 84.8 Å². The summed E-state index contributed by atoms with van der Waals surface area (Å²) in [6.07, 6.45) is 4.03. The lowest BCUT2D eigenvalue weighted by atomic mass is 10.3. The first-order valence-electron chi connectivity index (χ1n) is 7.80. The van der Waals surface area contributed by atoms with Crippen LogP contribution in [0, 0.1) is 0 Å². The maximum absolute atomic E-state index is 12.5. The van der Waals surface area contributed by atoms with E-state index in [0.29, 0.717) is 17.5 Å². The molecule has 1 saturated carbocycles. The molecule has 0 spiro atoms. The SMILES string of the molecule is COc1cn(-c2ccccc2)nc1C(=O)Nc1cc(C2CC2)[nH]n1. The van der Waals surface area contributed by atoms with Crippen molar-refractivity contribution in [3.63, 3.8) is 0 Å². The van der Waals surface area contributed by atoms with Crippen LogP contribution >= 0.6 is 0 Å². The molecule has 1 aromatic carbocycles. The van der Waals surface area contributed by atoms with Gasteiger partial charge in [0.05, 0.1) is 19.0 Å². The number of ether oxygens (including phenoxy) is 1. The predicted octanol–water partition coefficient (Wildman–Crippen LogP) is 2.73. The Balaban J connectivity index is 1.57. The van der Waals surface area contributed by atoms with Crippen LogP contribution in [0.25, 0.3) is 5.69 Å². The molecule has 2 heterocycles. The van der Waals surface area contributed by atoms with E-state index in [1.165, 1.54) is 20.0 Å². The van der Waals surface area contributed by atoms with Crippen molar-refractivity contribution < 1.29 is 9.53 Å². The van der Waals surface area contributed by atoms with Crippen LogP contribution in [0.1, 0.15) is 34.9 Å². The molecule has 0 aliphatic heterocycles. The summed E-state index contributed by atoms with van der Waals surface area (Å²) in [7, 11) is 1.52. The third-order valence-corrected chi connectivity index (χ3v) is 3.99. The molecule has 1 aliphatic carbocycles. The summed E-state index contributed by atoms with van der Waals surface area (Å²) in [5, 5.41) is 14.2. The molecule has 0 bridgehead atoms. The van der Waals surface area contributed by atoms with Crippen LogP contribution < -0.4 is 10.1 Å². The second-order valence-electron chi connectivity index (χ2n) is 5.76. The van der Waals surface area contributed by atoms with E-state index in [0.717, 1.165) is 11.4 Å². The Kier molecular flexibility index (Phi) is 3.53. The summed E-state index contributed by atoms with van der Waals surface area (Å²) in [5.74, 6) is 1.11. The number of methoxy groups -OCH3 is 1. The number of amides is 1. The molecule has 0 radical (unpaired) electrons. The van der Waals surface area contributed by atoms with Gasteiger partial charge in [0.25, 0.3) is 5.91 Å². The quantitative estimate of drug-likeness (QED) is 0.756. The molecular weight excluding hydrogens is 306 g/mol. The maximum atomic E-state index is 12.5. The van der Waals surface area contributed by atoms with Crippen molar-refractivity contribution in [2.45, 2.75) is 18.8 Å². The number of hydrogen-bond acceptors (Lipinski definition) is 4. The zero-order valence-corrected chi connectivity index (χ0v) is 13.2. The van der Waals surface area contributed by atoms with Gasteiger partial charge in [-0.1, -0.05) is 18.2 Å². The third kappa shape index (κ3) is 2.76. The average molecular weight is 323 g/mol. The lowest BCUT2D eigenvalue weighted by Crippen LogP contribution is -2.14. The summed E-state index contributed by atoms with van der Waals surface area (Å²) in [5.41, 5.74) is 2.13. The molecular formula is C17H17N5O2. The van der Waals surface area contributed by atoms with Gasteiger partial charge in [-0.05, 0) is 25.0 Å². The molecule has 7 heteroatoms. The van der Waals surface area contributed by atoms with Crippen molar-refractivity contribution >= 4 is 11.7 Å². The van der Waals surface area contributed by atoms with Gasteiger partial charge in [0.1, 0.15) is 0 Å². The summed E-state index contributed by atoms with van der Waals surface area (Å²) in [4.78, 5) is 12.5. The lowest BCUT2D eigenvalue weighted by molar-refractivity contribution is 0.101. The van der Waals surface area contributed by atoms with Crippen molar-refractivity contribution in [1.82, 2.24) is 20.0 Å². The maximum Gasteiger partial charge on any atom is 0.281 e. The number of H-pyrrole nitrogens is 1. The molecule has 1 amide bonds. The fraction of sp³-hybridized carbons (Fsp3) is 0.235. The van der Waals surface area contributed by atoms with Crippen molar-refractivity contribution in [2.75, 3.05) is 12.4 Å². The fourth-order valence-electron chi connectivity index (χ4n) is 2.56. The highest BCUT2D eigenvalue weighted by molar-refractivity contribution is 6.04. The Hall–Kier alpha value is -3.09. The average Bonchev–Trinajstić information content (AvgIpc) is 3.20. The number of nitrogens with zero attached hydrogens (tertiary/aromatic N) is 3. The molecule has 24 heavy (non-hydrogen) atoms. The molecule has 1 aliphatic rings. The summed E-state index contributed by atoms with van der Waals surface area (Å²) < 4.78 is 6.91. The van der Waals surface area contributed by atoms with Gasteiger partial charge in [-0.25, -0.2) is 4.68 Å². The van der Waals surface area contributed by atoms with Crippen LogP contribution in [0.3, 0.4) is 0 Å². The van der Waals surface area contributed by atoms with E-state index in [1.807, 2.05) is 36.4 Å². The van der Waals surface area contributed by atoms with Crippen LogP contribution in [0.4, 0.5) is 5.82 Å². The molecule has 122 valence electrons. The summed E-state index contributed by atoms with van der Waals surface area (Å²) in [6, 6.07) is 11.4. The second-order valence-corrected chi connectivity index (χ2v) is 5.76. The van der Waals surface area contributed by atoms with Gasteiger partial charge in [-0.2, -0.15) is 10.2 Å². The highest BCUT2D eigenvalue weighted by atomic mass is 16.5.